The van der Waals surface area contributed by atoms with E-state index in [9.17, 15) is 0 Å². The molecule has 0 aliphatic heterocycles. The minimum absolute atomic E-state index is 0.794. The summed E-state index contributed by atoms with van der Waals surface area (Å²) in [6.45, 7) is 1.84. The summed E-state index contributed by atoms with van der Waals surface area (Å²) in [5.41, 5.74) is 3.78. The van der Waals surface area contributed by atoms with E-state index in [0.29, 0.717) is 0 Å². The fraction of sp³-hybridized carbons (Fsp3) is 0.190. The monoisotopic (exact) mass is 331 g/mol. The minimum Gasteiger partial charge on any atom is -0.454 e. The van der Waals surface area contributed by atoms with E-state index < -0.39 is 0 Å². The molecule has 0 saturated heterocycles. The Morgan fingerprint density at radius 2 is 1.80 bits per heavy atom. The number of furan rings is 1. The third-order valence-corrected chi connectivity index (χ3v) is 4.27. The molecule has 0 radical (unpaired) electrons. The zero-order valence-electron chi connectivity index (χ0n) is 14.5. The average Bonchev–Trinajstić information content (AvgIpc) is 3.05. The van der Waals surface area contributed by atoms with Crippen molar-refractivity contribution in [3.63, 3.8) is 0 Å². The van der Waals surface area contributed by atoms with Crippen molar-refractivity contribution in [1.82, 2.24) is 9.88 Å². The molecule has 126 valence electrons. The van der Waals surface area contributed by atoms with Crippen molar-refractivity contribution in [3.05, 3.63) is 60.7 Å². The number of rotatable bonds is 5. The Morgan fingerprint density at radius 3 is 2.64 bits per heavy atom. The number of pyridine rings is 1. The predicted octanol–water partition coefficient (Wildman–Crippen LogP) is 4.62. The van der Waals surface area contributed by atoms with Crippen LogP contribution in [0.4, 0.5) is 5.69 Å². The molecule has 0 atom stereocenters. The van der Waals surface area contributed by atoms with Crippen LogP contribution < -0.4 is 5.32 Å². The van der Waals surface area contributed by atoms with Gasteiger partial charge in [0.2, 0.25) is 0 Å². The van der Waals surface area contributed by atoms with Crippen molar-refractivity contribution < 1.29 is 4.42 Å². The molecule has 0 bridgehead atoms. The molecule has 0 saturated carbocycles. The first-order chi connectivity index (χ1) is 12.2. The van der Waals surface area contributed by atoms with E-state index in [2.05, 4.69) is 48.6 Å². The zero-order valence-corrected chi connectivity index (χ0v) is 14.5. The first-order valence-corrected chi connectivity index (χ1v) is 8.48. The maximum atomic E-state index is 6.00. The number of fused-ring (bicyclic) bond motifs is 2. The average molecular weight is 331 g/mol. The highest BCUT2D eigenvalue weighted by Crippen LogP contribution is 2.31. The molecular formula is C21H21N3O. The molecule has 2 aromatic heterocycles. The highest BCUT2D eigenvalue weighted by atomic mass is 16.3. The van der Waals surface area contributed by atoms with Crippen LogP contribution in [0.5, 0.6) is 0 Å². The van der Waals surface area contributed by atoms with Crippen LogP contribution in [0.2, 0.25) is 0 Å². The molecule has 4 heteroatoms. The van der Waals surface area contributed by atoms with Gasteiger partial charge in [0.15, 0.2) is 5.76 Å². The number of hydrogen-bond donors (Lipinski definition) is 1. The van der Waals surface area contributed by atoms with Crippen LogP contribution in [-0.4, -0.2) is 37.1 Å². The van der Waals surface area contributed by atoms with Gasteiger partial charge in [0.1, 0.15) is 11.3 Å². The van der Waals surface area contributed by atoms with E-state index in [1.54, 1.807) is 0 Å². The summed E-state index contributed by atoms with van der Waals surface area (Å²) >= 11 is 0. The maximum absolute atomic E-state index is 6.00. The molecule has 0 aliphatic carbocycles. The zero-order chi connectivity index (χ0) is 17.2. The Morgan fingerprint density at radius 1 is 1.00 bits per heavy atom. The number of nitrogens with zero attached hydrogens (tertiary/aromatic N) is 2. The second-order valence-corrected chi connectivity index (χ2v) is 6.45. The van der Waals surface area contributed by atoms with Gasteiger partial charge in [-0.15, -0.1) is 0 Å². The van der Waals surface area contributed by atoms with E-state index in [4.69, 9.17) is 9.40 Å². The first-order valence-electron chi connectivity index (χ1n) is 8.48. The lowest BCUT2D eigenvalue weighted by Gasteiger charge is -2.14. The summed E-state index contributed by atoms with van der Waals surface area (Å²) < 4.78 is 6.00. The van der Waals surface area contributed by atoms with Gasteiger partial charge in [-0.05, 0) is 38.4 Å². The Balaban J connectivity index is 1.78. The maximum Gasteiger partial charge on any atom is 0.153 e. The smallest absolute Gasteiger partial charge is 0.153 e. The second kappa shape index (κ2) is 6.57. The number of para-hydroxylation sites is 2. The topological polar surface area (TPSA) is 41.3 Å². The van der Waals surface area contributed by atoms with Crippen molar-refractivity contribution in [1.29, 1.82) is 0 Å². The van der Waals surface area contributed by atoms with Crippen LogP contribution in [0.3, 0.4) is 0 Å². The highest BCUT2D eigenvalue weighted by Gasteiger charge is 2.11. The molecule has 0 spiro atoms. The van der Waals surface area contributed by atoms with Gasteiger partial charge in [0, 0.05) is 29.5 Å². The summed E-state index contributed by atoms with van der Waals surface area (Å²) in [7, 11) is 4.15. The molecule has 1 N–H and O–H groups in total. The predicted molar refractivity (Wildman–Crippen MR) is 104 cm³/mol. The van der Waals surface area contributed by atoms with Gasteiger partial charge < -0.3 is 14.6 Å². The van der Waals surface area contributed by atoms with E-state index >= 15 is 0 Å². The van der Waals surface area contributed by atoms with Crippen LogP contribution in [0.1, 0.15) is 0 Å². The molecule has 0 unspecified atom stereocenters. The fourth-order valence-electron chi connectivity index (χ4n) is 2.97. The lowest BCUT2D eigenvalue weighted by molar-refractivity contribution is 0.425. The molecule has 0 aliphatic rings. The lowest BCUT2D eigenvalue weighted by Crippen LogP contribution is -2.20. The van der Waals surface area contributed by atoms with E-state index in [0.717, 1.165) is 52.1 Å². The van der Waals surface area contributed by atoms with Crippen LogP contribution in [-0.2, 0) is 0 Å². The number of likely N-dealkylation sites (N-methyl/N-ethyl adjacent to an activating group) is 1. The number of hydrogen-bond acceptors (Lipinski definition) is 4. The normalized spacial score (nSPS) is 11.5. The van der Waals surface area contributed by atoms with Gasteiger partial charge in [-0.1, -0.05) is 36.4 Å². The second-order valence-electron chi connectivity index (χ2n) is 6.45. The van der Waals surface area contributed by atoms with Crippen molar-refractivity contribution in [2.45, 2.75) is 0 Å². The standard InChI is InChI=1S/C21H21N3O/c1-24(2)12-11-22-18-14-19(23-17-9-5-4-8-16(17)18)21-13-15-7-3-6-10-20(15)25-21/h3-10,13-14H,11-12H2,1-2H3,(H,22,23). The molecule has 0 fully saturated rings. The molecule has 4 aromatic rings. The summed E-state index contributed by atoms with van der Waals surface area (Å²) in [5.74, 6) is 0.794. The number of aromatic nitrogens is 1. The van der Waals surface area contributed by atoms with E-state index in [1.165, 1.54) is 0 Å². The van der Waals surface area contributed by atoms with Crippen molar-refractivity contribution in [3.8, 4) is 11.5 Å². The number of benzene rings is 2. The third-order valence-electron chi connectivity index (χ3n) is 4.27. The lowest BCUT2D eigenvalue weighted by atomic mass is 10.1. The van der Waals surface area contributed by atoms with Gasteiger partial charge in [-0.3, -0.25) is 0 Å². The molecule has 4 rings (SSSR count). The summed E-state index contributed by atoms with van der Waals surface area (Å²) in [6, 6.07) is 20.4. The van der Waals surface area contributed by atoms with E-state index in [1.807, 2.05) is 36.4 Å². The molecule has 25 heavy (non-hydrogen) atoms. The van der Waals surface area contributed by atoms with Gasteiger partial charge >= 0.3 is 0 Å². The minimum atomic E-state index is 0.794. The number of nitrogens with one attached hydrogen (secondary N) is 1. The largest absolute Gasteiger partial charge is 0.454 e. The van der Waals surface area contributed by atoms with Crippen LogP contribution in [0.15, 0.2) is 65.1 Å². The number of anilines is 1. The Bertz CT molecular complexity index is 987. The van der Waals surface area contributed by atoms with Crippen molar-refractivity contribution in [2.24, 2.45) is 0 Å². The van der Waals surface area contributed by atoms with Gasteiger partial charge in [-0.2, -0.15) is 0 Å². The van der Waals surface area contributed by atoms with E-state index in [-0.39, 0.29) is 0 Å². The Labute approximate surface area is 147 Å². The Kier molecular flexibility index (Phi) is 4.12. The Hall–Kier alpha value is -2.85. The van der Waals surface area contributed by atoms with Crippen LogP contribution in [0.25, 0.3) is 33.3 Å². The van der Waals surface area contributed by atoms with Gasteiger partial charge in [0.25, 0.3) is 0 Å². The molecule has 0 amide bonds. The molecule has 4 nitrogen and oxygen atoms in total. The van der Waals surface area contributed by atoms with Gasteiger partial charge in [0.05, 0.1) is 5.52 Å². The highest BCUT2D eigenvalue weighted by molar-refractivity contribution is 5.94. The fourth-order valence-corrected chi connectivity index (χ4v) is 2.97. The SMILES string of the molecule is CN(C)CCNc1cc(-c2cc3ccccc3o2)nc2ccccc12. The summed E-state index contributed by atoms with van der Waals surface area (Å²) in [5, 5.41) is 5.76. The molecular weight excluding hydrogens is 310 g/mol. The van der Waals surface area contributed by atoms with Crippen molar-refractivity contribution in [2.75, 3.05) is 32.5 Å². The first kappa shape index (κ1) is 15.7. The van der Waals surface area contributed by atoms with Crippen LogP contribution >= 0.6 is 0 Å². The van der Waals surface area contributed by atoms with Crippen LogP contribution in [0, 0.1) is 0 Å². The molecule has 2 heterocycles. The quantitative estimate of drug-likeness (QED) is 0.579. The van der Waals surface area contributed by atoms with Gasteiger partial charge in [-0.25, -0.2) is 4.98 Å². The molecule has 2 aromatic carbocycles. The summed E-state index contributed by atoms with van der Waals surface area (Å²) in [6.07, 6.45) is 0. The summed E-state index contributed by atoms with van der Waals surface area (Å²) in [4.78, 5) is 6.96. The third kappa shape index (κ3) is 3.21. The van der Waals surface area contributed by atoms with Crippen molar-refractivity contribution >= 4 is 27.6 Å².